The van der Waals surface area contributed by atoms with Crippen LogP contribution in [0.2, 0.25) is 0 Å². The van der Waals surface area contributed by atoms with Gasteiger partial charge in [-0.3, -0.25) is 0 Å². The van der Waals surface area contributed by atoms with Crippen molar-refractivity contribution < 1.29 is 12.4 Å². The van der Waals surface area contributed by atoms with Crippen LogP contribution in [0.15, 0.2) is 0 Å². The van der Waals surface area contributed by atoms with Gasteiger partial charge in [0.1, 0.15) is 0 Å². The van der Waals surface area contributed by atoms with E-state index in [0.29, 0.717) is 0 Å². The molecule has 0 saturated carbocycles. The minimum absolute atomic E-state index is 0. The van der Waals surface area contributed by atoms with E-state index in [4.69, 9.17) is 0 Å². The van der Waals surface area contributed by atoms with Gasteiger partial charge in [-0.15, -0.1) is 0 Å². The largest absolute Gasteiger partial charge is 1.00 e. The van der Waals surface area contributed by atoms with E-state index in [1.54, 1.807) is 0 Å². The Kier molecular flexibility index (Phi) is 144. The van der Waals surface area contributed by atoms with Gasteiger partial charge in [-0.25, -0.2) is 0 Å². The average Bonchev–Trinajstić information content (AvgIpc) is 0. The molecule has 0 aromatic heterocycles. The fourth-order valence-electron chi connectivity index (χ4n) is 0. The second kappa shape index (κ2) is 18.0. The molecule has 4 heavy (non-hydrogen) atoms. The van der Waals surface area contributed by atoms with Crippen molar-refractivity contribution in [1.82, 2.24) is 0 Å². The van der Waals surface area contributed by atoms with Crippen LogP contribution in [-0.2, 0) is 0 Å². The van der Waals surface area contributed by atoms with Gasteiger partial charge in [-0.2, -0.15) is 0 Å². The molecule has 0 aromatic carbocycles. The van der Waals surface area contributed by atoms with E-state index in [-0.39, 0.29) is 87.9 Å². The Morgan fingerprint density at radius 3 is 1.00 bits per heavy atom. The van der Waals surface area contributed by atoms with Gasteiger partial charge in [0.15, 0.2) is 0 Å². The Morgan fingerprint density at radius 2 is 1.00 bits per heavy atom. The maximum absolute atomic E-state index is 0. The second-order valence-corrected chi connectivity index (χ2v) is 0. The van der Waals surface area contributed by atoms with Crippen LogP contribution in [0.3, 0.4) is 0 Å². The van der Waals surface area contributed by atoms with Gasteiger partial charge in [0.2, 0.25) is 0 Å². The van der Waals surface area contributed by atoms with Gasteiger partial charge in [0.05, 0.1) is 0 Å². The second-order valence-electron chi connectivity index (χ2n) is 0. The zero-order valence-electron chi connectivity index (χ0n) is 1.95. The SMILES string of the molecule is O.[CaH2].[CaH2].[H+].[OH-]. The van der Waals surface area contributed by atoms with Crippen LogP contribution in [0, 0.1) is 0 Å². The molecule has 4 heteroatoms. The molecule has 2 nitrogen and oxygen atoms in total. The van der Waals surface area contributed by atoms with Gasteiger partial charge in [0, 0.05) is 0 Å². The molecule has 0 unspecified atom stereocenters. The summed E-state index contributed by atoms with van der Waals surface area (Å²) in [7, 11) is 0. The molecule has 0 atom stereocenters. The summed E-state index contributed by atoms with van der Waals surface area (Å²) in [6.07, 6.45) is 0. The number of rotatable bonds is 0. The molecular weight excluding hydrogens is 112 g/mol. The molecule has 0 aliphatic rings. The standard InChI is InChI=1S/2Ca.2H2O.4H/h;;2*1H2;;;;. The Bertz CT molecular complexity index is 7.61. The third-order valence-corrected chi connectivity index (χ3v) is 0. The van der Waals surface area contributed by atoms with E-state index in [1.807, 2.05) is 0 Å². The van der Waals surface area contributed by atoms with Crippen LogP contribution in [0.1, 0.15) is 1.43 Å². The van der Waals surface area contributed by atoms with Crippen molar-refractivity contribution in [2.75, 3.05) is 0 Å². The van der Waals surface area contributed by atoms with Crippen LogP contribution in [0.5, 0.6) is 0 Å². The predicted octanol–water partition coefficient (Wildman–Crippen LogP) is -2.72. The van der Waals surface area contributed by atoms with Gasteiger partial charge >= 0.3 is 76.9 Å². The zero-order chi connectivity index (χ0) is 0. The normalized spacial score (nSPS) is 0. The number of hydrogen-bond acceptors (Lipinski definition) is 1. The smallest absolute Gasteiger partial charge is 0.870 e. The molecule has 24 valence electrons. The first-order valence-corrected chi connectivity index (χ1v) is 0. The summed E-state index contributed by atoms with van der Waals surface area (Å²) in [5.74, 6) is 0. The maximum Gasteiger partial charge on any atom is 1.00 e. The van der Waals surface area contributed by atoms with Crippen LogP contribution in [0.4, 0.5) is 0 Å². The van der Waals surface area contributed by atoms with Crippen molar-refractivity contribution in [2.45, 2.75) is 0 Å². The van der Waals surface area contributed by atoms with E-state index in [9.17, 15) is 0 Å². The van der Waals surface area contributed by atoms with Crippen molar-refractivity contribution in [3.8, 4) is 0 Å². The molecule has 0 heterocycles. The monoisotopic (exact) mass is 120 g/mol. The van der Waals surface area contributed by atoms with E-state index in [2.05, 4.69) is 0 Å². The Balaban J connectivity index is 0. The molecule has 0 saturated heterocycles. The molecule has 0 fully saturated rings. The topological polar surface area (TPSA) is 61.5 Å². The molecule has 0 rings (SSSR count). The fraction of sp³-hybridized carbons (Fsp3) is 0. The van der Waals surface area contributed by atoms with Crippen LogP contribution in [-0.4, -0.2) is 86.4 Å². The summed E-state index contributed by atoms with van der Waals surface area (Å²) in [5.41, 5.74) is 0. The van der Waals surface area contributed by atoms with Gasteiger partial charge in [0.25, 0.3) is 0 Å². The van der Waals surface area contributed by atoms with Gasteiger partial charge in [-0.1, -0.05) is 0 Å². The van der Waals surface area contributed by atoms with Crippen molar-refractivity contribution in [1.29, 1.82) is 0 Å². The molecule has 0 aliphatic heterocycles. The van der Waals surface area contributed by atoms with Crippen LogP contribution >= 0.6 is 0 Å². The molecular formula is H8Ca2O2. The fourth-order valence-corrected chi connectivity index (χ4v) is 0. The Hall–Kier alpha value is 2.44. The third-order valence-electron chi connectivity index (χ3n) is 0. The molecule has 0 aromatic rings. The van der Waals surface area contributed by atoms with Crippen molar-refractivity contribution in [3.63, 3.8) is 0 Å². The van der Waals surface area contributed by atoms with Crippen LogP contribution in [0.25, 0.3) is 0 Å². The summed E-state index contributed by atoms with van der Waals surface area (Å²) in [4.78, 5) is 0. The van der Waals surface area contributed by atoms with E-state index in [1.165, 1.54) is 0 Å². The van der Waals surface area contributed by atoms with Gasteiger partial charge in [-0.05, 0) is 0 Å². The molecule has 0 radical (unpaired) electrons. The molecule has 0 bridgehead atoms. The van der Waals surface area contributed by atoms with Crippen molar-refractivity contribution in [3.05, 3.63) is 0 Å². The van der Waals surface area contributed by atoms with Crippen molar-refractivity contribution >= 4 is 75.5 Å². The van der Waals surface area contributed by atoms with E-state index < -0.39 is 0 Å². The van der Waals surface area contributed by atoms with E-state index in [0.717, 1.165) is 0 Å². The Labute approximate surface area is 86.0 Å². The minimum atomic E-state index is 0. The van der Waals surface area contributed by atoms with Gasteiger partial charge < -0.3 is 11.0 Å². The third kappa shape index (κ3) is 8.83. The first-order chi connectivity index (χ1) is 0. The molecule has 0 spiro atoms. The quantitative estimate of drug-likeness (QED) is 0.320. The minimum Gasteiger partial charge on any atom is -0.870 e. The van der Waals surface area contributed by atoms with Crippen LogP contribution < -0.4 is 0 Å². The molecule has 0 amide bonds. The van der Waals surface area contributed by atoms with E-state index >= 15 is 0 Å². The maximum atomic E-state index is 0. The van der Waals surface area contributed by atoms with Crippen molar-refractivity contribution in [2.24, 2.45) is 0 Å². The average molecular weight is 120 g/mol. The first kappa shape index (κ1) is 32.0. The first-order valence-electron chi connectivity index (χ1n) is 0. The summed E-state index contributed by atoms with van der Waals surface area (Å²) in [5, 5.41) is 0. The molecule has 3 N–H and O–H groups in total. The summed E-state index contributed by atoms with van der Waals surface area (Å²) < 4.78 is 0. The summed E-state index contributed by atoms with van der Waals surface area (Å²) in [6.45, 7) is 0. The number of hydrogen-bond donors (Lipinski definition) is 0. The molecule has 0 aliphatic carbocycles. The summed E-state index contributed by atoms with van der Waals surface area (Å²) in [6, 6.07) is 0. The predicted molar refractivity (Wildman–Crippen MR) is 23.7 cm³/mol. The Morgan fingerprint density at radius 1 is 1.00 bits per heavy atom. The summed E-state index contributed by atoms with van der Waals surface area (Å²) >= 11 is 0. The zero-order valence-corrected chi connectivity index (χ0v) is 0.947.